The van der Waals surface area contributed by atoms with Gasteiger partial charge in [0.1, 0.15) is 11.4 Å². The minimum atomic E-state index is -4.58. The van der Waals surface area contributed by atoms with E-state index in [1.807, 2.05) is 0 Å². The van der Waals surface area contributed by atoms with Crippen molar-refractivity contribution < 1.29 is 37.0 Å². The Hall–Kier alpha value is -4.08. The lowest BCUT2D eigenvalue weighted by Gasteiger charge is -2.23. The molecule has 1 aromatic carbocycles. The van der Waals surface area contributed by atoms with Crippen LogP contribution >= 0.6 is 0 Å². The number of carbonyl (C=O) groups excluding carboxylic acids is 2. The van der Waals surface area contributed by atoms with Gasteiger partial charge in [0.25, 0.3) is 5.91 Å². The Balaban J connectivity index is 1.44. The molecule has 54 heavy (non-hydrogen) atoms. The van der Waals surface area contributed by atoms with E-state index in [2.05, 4.69) is 48.0 Å². The fraction of sp³-hybridized carbons (Fsp3) is 0.711. The molecule has 1 aliphatic carbocycles. The zero-order valence-corrected chi connectivity index (χ0v) is 32.3. The molecule has 302 valence electrons. The maximum absolute atomic E-state index is 13.6. The largest absolute Gasteiger partial charge is 0.493 e. The topological polar surface area (TPSA) is 152 Å². The van der Waals surface area contributed by atoms with Crippen LogP contribution in [0.3, 0.4) is 0 Å². The molecule has 0 atom stereocenters. The molecule has 13 nitrogen and oxygen atoms in total. The zero-order valence-electron chi connectivity index (χ0n) is 32.3. The predicted octanol–water partition coefficient (Wildman–Crippen LogP) is 7.62. The van der Waals surface area contributed by atoms with Crippen molar-refractivity contribution in [3.63, 3.8) is 0 Å². The van der Waals surface area contributed by atoms with Crippen molar-refractivity contribution >= 4 is 29.6 Å². The minimum absolute atomic E-state index is 0.0495. The van der Waals surface area contributed by atoms with Gasteiger partial charge in [-0.05, 0) is 84.5 Å². The molecule has 2 heterocycles. The van der Waals surface area contributed by atoms with Crippen molar-refractivity contribution in [2.24, 2.45) is 5.41 Å². The fourth-order valence-corrected chi connectivity index (χ4v) is 6.13. The first-order valence-corrected chi connectivity index (χ1v) is 19.4. The molecule has 0 bridgehead atoms. The van der Waals surface area contributed by atoms with Crippen molar-refractivity contribution in [2.45, 2.75) is 117 Å². The molecule has 4 rings (SSSR count). The summed E-state index contributed by atoms with van der Waals surface area (Å²) in [4.78, 5) is 40.6. The van der Waals surface area contributed by atoms with Crippen LogP contribution in [0.25, 0.3) is 0 Å². The Kier molecular flexibility index (Phi) is 16.2. The third kappa shape index (κ3) is 16.1. The number of halogens is 3. The molecule has 0 radical (unpaired) electrons. The number of nitrogens with zero attached hydrogens (tertiary/aromatic N) is 4. The molecule has 2 aromatic rings. The van der Waals surface area contributed by atoms with Gasteiger partial charge in [-0.15, -0.1) is 0 Å². The van der Waals surface area contributed by atoms with Crippen LogP contribution in [-0.4, -0.2) is 96.1 Å². The van der Waals surface area contributed by atoms with E-state index in [-0.39, 0.29) is 42.1 Å². The van der Waals surface area contributed by atoms with E-state index in [1.165, 1.54) is 32.1 Å². The number of hydrogen-bond acceptors (Lipinski definition) is 11. The van der Waals surface area contributed by atoms with Gasteiger partial charge in [-0.3, -0.25) is 4.79 Å². The van der Waals surface area contributed by atoms with E-state index in [4.69, 9.17) is 14.2 Å². The summed E-state index contributed by atoms with van der Waals surface area (Å²) < 4.78 is 55.3. The van der Waals surface area contributed by atoms with Crippen LogP contribution in [0.4, 0.5) is 35.5 Å². The fourth-order valence-electron chi connectivity index (χ4n) is 6.13. The molecule has 16 heteroatoms. The number of anilines is 3. The molecule has 0 unspecified atom stereocenters. The molecule has 1 aromatic heterocycles. The Bertz CT molecular complexity index is 1480. The lowest BCUT2D eigenvalue weighted by molar-refractivity contribution is -0.154. The Morgan fingerprint density at radius 1 is 0.870 bits per heavy atom. The van der Waals surface area contributed by atoms with Crippen molar-refractivity contribution in [3.05, 3.63) is 23.8 Å². The summed E-state index contributed by atoms with van der Waals surface area (Å²) in [6.45, 7) is 10.7. The maximum atomic E-state index is 13.6. The quantitative estimate of drug-likeness (QED) is 0.0828. The lowest BCUT2D eigenvalue weighted by atomic mass is 10.1. The summed E-state index contributed by atoms with van der Waals surface area (Å²) in [7, 11) is 0. The maximum Gasteiger partial charge on any atom is 0.422 e. The first-order valence-electron chi connectivity index (χ1n) is 19.4. The molecule has 4 N–H and O–H groups in total. The number of carbonyl (C=O) groups is 2. The number of alkyl carbamates (subject to hydrolysis) is 1. The lowest BCUT2D eigenvalue weighted by Crippen LogP contribution is -2.37. The molecule has 2 aliphatic rings. The number of amides is 2. The highest BCUT2D eigenvalue weighted by atomic mass is 19.4. The van der Waals surface area contributed by atoms with E-state index in [0.29, 0.717) is 30.8 Å². The van der Waals surface area contributed by atoms with E-state index in [0.717, 1.165) is 58.2 Å². The van der Waals surface area contributed by atoms with E-state index in [1.54, 1.807) is 39.0 Å². The first kappa shape index (κ1) is 42.7. The van der Waals surface area contributed by atoms with E-state index < -0.39 is 30.5 Å². The molecule has 1 saturated carbocycles. The molecule has 0 spiro atoms. The zero-order chi connectivity index (χ0) is 39.0. The van der Waals surface area contributed by atoms with E-state index in [9.17, 15) is 22.8 Å². The summed E-state index contributed by atoms with van der Waals surface area (Å²) in [6, 6.07) is 4.39. The highest BCUT2D eigenvalue weighted by Crippen LogP contribution is 2.46. The predicted molar refractivity (Wildman–Crippen MR) is 202 cm³/mol. The van der Waals surface area contributed by atoms with Crippen molar-refractivity contribution in [1.29, 1.82) is 0 Å². The highest BCUT2D eigenvalue weighted by Gasteiger charge is 2.44. The van der Waals surface area contributed by atoms with Gasteiger partial charge in [-0.1, -0.05) is 45.4 Å². The van der Waals surface area contributed by atoms with Crippen LogP contribution in [0.2, 0.25) is 0 Å². The highest BCUT2D eigenvalue weighted by molar-refractivity contribution is 5.97. The van der Waals surface area contributed by atoms with Gasteiger partial charge >= 0.3 is 18.3 Å². The molecule has 2 fully saturated rings. The number of rotatable bonds is 23. The van der Waals surface area contributed by atoms with Crippen LogP contribution in [0.15, 0.2) is 18.2 Å². The monoisotopic (exact) mass is 764 g/mol. The average Bonchev–Trinajstić information content (AvgIpc) is 3.67. The summed E-state index contributed by atoms with van der Waals surface area (Å²) >= 11 is 0. The van der Waals surface area contributed by atoms with Crippen LogP contribution in [0.5, 0.6) is 11.8 Å². The van der Waals surface area contributed by atoms with Gasteiger partial charge in [0, 0.05) is 43.3 Å². The first-order chi connectivity index (χ1) is 25.7. The number of hydrogen-bond donors (Lipinski definition) is 4. The smallest absolute Gasteiger partial charge is 0.422 e. The van der Waals surface area contributed by atoms with Crippen molar-refractivity contribution in [2.75, 3.05) is 63.1 Å². The summed E-state index contributed by atoms with van der Waals surface area (Å²) in [5, 5.41) is 11.9. The van der Waals surface area contributed by atoms with Crippen molar-refractivity contribution in [1.82, 2.24) is 30.5 Å². The number of alkyl halides is 3. The number of benzene rings is 1. The Morgan fingerprint density at radius 2 is 1.57 bits per heavy atom. The molecule has 2 amide bonds. The van der Waals surface area contributed by atoms with Crippen LogP contribution in [0.1, 0.15) is 115 Å². The van der Waals surface area contributed by atoms with Gasteiger partial charge in [0.05, 0.1) is 12.2 Å². The number of ether oxygens (including phenoxy) is 3. The second-order valence-electron chi connectivity index (χ2n) is 15.3. The van der Waals surface area contributed by atoms with Gasteiger partial charge in [-0.2, -0.15) is 28.1 Å². The molecule has 1 saturated heterocycles. The van der Waals surface area contributed by atoms with Gasteiger partial charge in [0.2, 0.25) is 11.9 Å². The average molecular weight is 765 g/mol. The molecular weight excluding hydrogens is 705 g/mol. The standard InChI is InChI=1S/C38H59F3N8O5/c1-5-6-7-8-9-10-11-19-42-32-46-33(48-34(47-32)53-27-38(39,40)41)45-28-15-16-29(30(24-28)52-23-14-20-43-35(51)54-36(2,3)4)31(50)44-25-37(17-18-37)26-49-21-12-13-22-49/h15-16,24H,5-14,17-23,25-27H2,1-4H3,(H,43,51)(H,44,50)(H2,42,45,46,47,48). The van der Waals surface area contributed by atoms with Gasteiger partial charge in [-0.25, -0.2) is 4.79 Å². The summed E-state index contributed by atoms with van der Waals surface area (Å²) in [6.07, 6.45) is 7.58. The van der Waals surface area contributed by atoms with Gasteiger partial charge < -0.3 is 40.4 Å². The van der Waals surface area contributed by atoms with Crippen molar-refractivity contribution in [3.8, 4) is 11.8 Å². The Labute approximate surface area is 317 Å². The summed E-state index contributed by atoms with van der Waals surface area (Å²) in [5.41, 5.74) is 0.199. The number of unbranched alkanes of at least 4 members (excludes halogenated alkanes) is 6. The third-order valence-corrected chi connectivity index (χ3v) is 9.11. The number of likely N-dealkylation sites (tertiary alicyclic amines) is 1. The molecular formula is C38H59F3N8O5. The van der Waals surface area contributed by atoms with Crippen LogP contribution in [0, 0.1) is 5.41 Å². The SMILES string of the molecule is CCCCCCCCCNc1nc(Nc2ccc(C(=O)NCC3(CN4CCCC4)CC3)c(OCCCNC(=O)OC(C)(C)C)c2)nc(OCC(F)(F)F)n1. The van der Waals surface area contributed by atoms with Crippen LogP contribution < -0.4 is 30.7 Å². The van der Waals surface area contributed by atoms with Crippen LogP contribution in [-0.2, 0) is 4.74 Å². The number of nitrogens with one attached hydrogen (secondary N) is 4. The minimum Gasteiger partial charge on any atom is -0.493 e. The number of aromatic nitrogens is 3. The van der Waals surface area contributed by atoms with E-state index >= 15 is 0 Å². The summed E-state index contributed by atoms with van der Waals surface area (Å²) in [5.74, 6) is 0.0186. The molecule has 1 aliphatic heterocycles. The van der Waals surface area contributed by atoms with Gasteiger partial charge in [0.15, 0.2) is 6.61 Å². The third-order valence-electron chi connectivity index (χ3n) is 9.11. The second-order valence-corrected chi connectivity index (χ2v) is 15.3. The normalized spacial score (nSPS) is 15.4. The second kappa shape index (κ2) is 20.6. The Morgan fingerprint density at radius 3 is 2.26 bits per heavy atom.